The molecule has 4 nitrogen and oxygen atoms in total. The van der Waals surface area contributed by atoms with E-state index in [0.29, 0.717) is 11.5 Å². The zero-order chi connectivity index (χ0) is 16.4. The molecule has 0 spiro atoms. The van der Waals surface area contributed by atoms with Crippen molar-refractivity contribution in [1.29, 1.82) is 0 Å². The largest absolute Gasteiger partial charge is 0.444 e. The molecule has 2 fully saturated rings. The van der Waals surface area contributed by atoms with Gasteiger partial charge in [0.2, 0.25) is 0 Å². The summed E-state index contributed by atoms with van der Waals surface area (Å²) in [5.41, 5.74) is -0.110. The molecule has 2 heterocycles. The van der Waals surface area contributed by atoms with Crippen LogP contribution in [0.3, 0.4) is 0 Å². The second-order valence-electron chi connectivity index (χ2n) is 8.13. The van der Waals surface area contributed by atoms with Crippen molar-refractivity contribution in [3.63, 3.8) is 0 Å². The smallest absolute Gasteiger partial charge is 0.410 e. The van der Waals surface area contributed by atoms with Gasteiger partial charge in [-0.05, 0) is 51.2 Å². The number of carbonyl (C=O) groups is 1. The van der Waals surface area contributed by atoms with Crippen LogP contribution in [0.4, 0.5) is 4.79 Å². The van der Waals surface area contributed by atoms with Crippen LogP contribution in [0.1, 0.15) is 53.9 Å². The predicted molar refractivity (Wildman–Crippen MR) is 93.5 cm³/mol. The fourth-order valence-electron chi connectivity index (χ4n) is 3.11. The minimum Gasteiger partial charge on any atom is -0.444 e. The van der Waals surface area contributed by atoms with Gasteiger partial charge >= 0.3 is 6.09 Å². The van der Waals surface area contributed by atoms with E-state index in [2.05, 4.69) is 30.9 Å². The molecule has 0 saturated carbocycles. The zero-order valence-corrected chi connectivity index (χ0v) is 15.6. The molecular weight excluding hydrogens is 296 g/mol. The summed E-state index contributed by atoms with van der Waals surface area (Å²) >= 11 is 2.07. The molecule has 2 aliphatic heterocycles. The summed E-state index contributed by atoms with van der Waals surface area (Å²) < 4.78 is 5.47. The number of thioether (sulfide) groups is 1. The molecule has 2 unspecified atom stereocenters. The van der Waals surface area contributed by atoms with Crippen molar-refractivity contribution in [2.45, 2.75) is 70.8 Å². The summed E-state index contributed by atoms with van der Waals surface area (Å²) in [4.78, 5) is 14.0. The van der Waals surface area contributed by atoms with E-state index in [0.717, 1.165) is 37.7 Å². The summed E-state index contributed by atoms with van der Waals surface area (Å²) in [6, 6.07) is 0.658. The highest BCUT2D eigenvalue weighted by molar-refractivity contribution is 8.00. The van der Waals surface area contributed by atoms with Crippen molar-refractivity contribution >= 4 is 17.9 Å². The SMILES string of the molecule is CC1SCCC1NCC1(C)CCN(C(=O)OC(C)(C)C)CC1. The average molecular weight is 329 g/mol. The third-order valence-electron chi connectivity index (χ3n) is 4.79. The number of piperidine rings is 1. The minimum atomic E-state index is -0.407. The van der Waals surface area contributed by atoms with E-state index in [1.807, 2.05) is 25.7 Å². The van der Waals surface area contributed by atoms with Crippen molar-refractivity contribution in [2.75, 3.05) is 25.4 Å². The molecule has 1 N–H and O–H groups in total. The Morgan fingerprint density at radius 1 is 1.36 bits per heavy atom. The van der Waals surface area contributed by atoms with E-state index in [-0.39, 0.29) is 6.09 Å². The lowest BCUT2D eigenvalue weighted by Crippen LogP contribution is -2.49. The number of nitrogens with zero attached hydrogens (tertiary/aromatic N) is 1. The zero-order valence-electron chi connectivity index (χ0n) is 14.8. The van der Waals surface area contributed by atoms with Crippen LogP contribution >= 0.6 is 11.8 Å². The molecular formula is C17H32N2O2S. The first-order chi connectivity index (χ1) is 10.2. The Hall–Kier alpha value is -0.420. The molecule has 128 valence electrons. The maximum Gasteiger partial charge on any atom is 0.410 e. The Morgan fingerprint density at radius 3 is 2.50 bits per heavy atom. The van der Waals surface area contributed by atoms with Crippen LogP contribution in [0, 0.1) is 5.41 Å². The van der Waals surface area contributed by atoms with E-state index in [4.69, 9.17) is 4.74 Å². The van der Waals surface area contributed by atoms with Crippen LogP contribution < -0.4 is 5.32 Å². The van der Waals surface area contributed by atoms with Gasteiger partial charge in [-0.25, -0.2) is 4.79 Å². The third-order valence-corrected chi connectivity index (χ3v) is 6.12. The molecule has 0 radical (unpaired) electrons. The highest BCUT2D eigenvalue weighted by Gasteiger charge is 2.34. The normalized spacial score (nSPS) is 28.7. The Labute approximate surface area is 139 Å². The summed E-state index contributed by atoms with van der Waals surface area (Å²) in [6.07, 6.45) is 3.22. The van der Waals surface area contributed by atoms with Gasteiger partial charge in [0.1, 0.15) is 5.60 Å². The van der Waals surface area contributed by atoms with Gasteiger partial charge in [0, 0.05) is 30.9 Å². The number of ether oxygens (including phenoxy) is 1. The second kappa shape index (κ2) is 7.00. The number of likely N-dealkylation sites (tertiary alicyclic amines) is 1. The molecule has 0 aromatic carbocycles. The van der Waals surface area contributed by atoms with Crippen LogP contribution in [-0.2, 0) is 4.74 Å². The summed E-state index contributed by atoms with van der Waals surface area (Å²) in [6.45, 7) is 13.1. The lowest BCUT2D eigenvalue weighted by Gasteiger charge is -2.40. The van der Waals surface area contributed by atoms with Crippen LogP contribution in [0.2, 0.25) is 0 Å². The molecule has 5 heteroatoms. The number of nitrogens with one attached hydrogen (secondary N) is 1. The van der Waals surface area contributed by atoms with Crippen molar-refractivity contribution in [2.24, 2.45) is 5.41 Å². The highest BCUT2D eigenvalue weighted by Crippen LogP contribution is 2.32. The van der Waals surface area contributed by atoms with Crippen molar-refractivity contribution in [1.82, 2.24) is 10.2 Å². The number of hydrogen-bond donors (Lipinski definition) is 1. The Balaban J connectivity index is 1.76. The lowest BCUT2D eigenvalue weighted by atomic mass is 9.80. The fraction of sp³-hybridized carbons (Fsp3) is 0.941. The topological polar surface area (TPSA) is 41.6 Å². The van der Waals surface area contributed by atoms with Gasteiger partial charge < -0.3 is 15.0 Å². The van der Waals surface area contributed by atoms with E-state index < -0.39 is 5.60 Å². The summed E-state index contributed by atoms with van der Waals surface area (Å²) in [5, 5.41) is 4.50. The van der Waals surface area contributed by atoms with Gasteiger partial charge in [-0.3, -0.25) is 0 Å². The van der Waals surface area contributed by atoms with Gasteiger partial charge in [0.15, 0.2) is 0 Å². The van der Waals surface area contributed by atoms with Crippen LogP contribution in [0.15, 0.2) is 0 Å². The Morgan fingerprint density at radius 2 is 2.00 bits per heavy atom. The molecule has 2 saturated heterocycles. The summed E-state index contributed by atoms with van der Waals surface area (Å²) in [7, 11) is 0. The third kappa shape index (κ3) is 5.05. The maximum atomic E-state index is 12.1. The number of amides is 1. The molecule has 0 aromatic rings. The fourth-order valence-corrected chi connectivity index (χ4v) is 4.34. The molecule has 2 rings (SSSR count). The number of hydrogen-bond acceptors (Lipinski definition) is 4. The summed E-state index contributed by atoms with van der Waals surface area (Å²) in [5.74, 6) is 1.28. The standard InChI is InChI=1S/C17H32N2O2S/c1-13-14(6-11-22-13)18-12-17(5)7-9-19(10-8-17)15(20)21-16(2,3)4/h13-14,18H,6-12H2,1-5H3. The van der Waals surface area contributed by atoms with Crippen LogP contribution in [0.5, 0.6) is 0 Å². The first-order valence-electron chi connectivity index (χ1n) is 8.51. The van der Waals surface area contributed by atoms with Gasteiger partial charge in [-0.1, -0.05) is 13.8 Å². The van der Waals surface area contributed by atoms with E-state index in [1.165, 1.54) is 12.2 Å². The second-order valence-corrected chi connectivity index (χ2v) is 9.62. The lowest BCUT2D eigenvalue weighted by molar-refractivity contribution is 0.0117. The van der Waals surface area contributed by atoms with Crippen molar-refractivity contribution in [3.8, 4) is 0 Å². The predicted octanol–water partition coefficient (Wildman–Crippen LogP) is 3.51. The van der Waals surface area contributed by atoms with Crippen molar-refractivity contribution < 1.29 is 9.53 Å². The molecule has 22 heavy (non-hydrogen) atoms. The average Bonchev–Trinajstić information content (AvgIpc) is 2.81. The quantitative estimate of drug-likeness (QED) is 0.861. The van der Waals surface area contributed by atoms with Crippen molar-refractivity contribution in [3.05, 3.63) is 0 Å². The molecule has 0 aromatic heterocycles. The van der Waals surface area contributed by atoms with Crippen LogP contribution in [0.25, 0.3) is 0 Å². The molecule has 2 atom stereocenters. The highest BCUT2D eigenvalue weighted by atomic mass is 32.2. The maximum absolute atomic E-state index is 12.1. The van der Waals surface area contributed by atoms with Gasteiger partial charge in [-0.15, -0.1) is 0 Å². The monoisotopic (exact) mass is 328 g/mol. The first kappa shape index (κ1) is 17.9. The van der Waals surface area contributed by atoms with Crippen LogP contribution in [-0.4, -0.2) is 53.3 Å². The van der Waals surface area contributed by atoms with E-state index in [9.17, 15) is 4.79 Å². The first-order valence-corrected chi connectivity index (χ1v) is 9.56. The number of rotatable bonds is 3. The molecule has 0 bridgehead atoms. The van der Waals surface area contributed by atoms with E-state index >= 15 is 0 Å². The molecule has 2 aliphatic rings. The van der Waals surface area contributed by atoms with Gasteiger partial charge in [0.25, 0.3) is 0 Å². The van der Waals surface area contributed by atoms with Gasteiger partial charge in [-0.2, -0.15) is 11.8 Å². The number of carbonyl (C=O) groups excluding carboxylic acids is 1. The Kier molecular flexibility index (Phi) is 5.70. The Bertz CT molecular complexity index is 387. The van der Waals surface area contributed by atoms with E-state index in [1.54, 1.807) is 0 Å². The molecule has 0 aliphatic carbocycles. The molecule has 1 amide bonds. The van der Waals surface area contributed by atoms with Gasteiger partial charge in [0.05, 0.1) is 0 Å². The minimum absolute atomic E-state index is 0.164.